The molecule has 0 saturated heterocycles. The van der Waals surface area contributed by atoms with Gasteiger partial charge in [0.05, 0.1) is 11.4 Å². The van der Waals surface area contributed by atoms with Crippen LogP contribution in [0.1, 0.15) is 47.4 Å². The lowest BCUT2D eigenvalue weighted by molar-refractivity contribution is -0.114. The quantitative estimate of drug-likeness (QED) is 0.555. The summed E-state index contributed by atoms with van der Waals surface area (Å²) in [6.07, 6.45) is 0. The molecule has 1 N–H and O–H groups in total. The second-order valence-electron chi connectivity index (χ2n) is 9.25. The Morgan fingerprint density at radius 2 is 1.68 bits per heavy atom. The van der Waals surface area contributed by atoms with E-state index in [1.807, 2.05) is 36.4 Å². The van der Waals surface area contributed by atoms with E-state index in [1.165, 1.54) is 12.6 Å². The van der Waals surface area contributed by atoms with Crippen LogP contribution in [0, 0.1) is 5.41 Å². The van der Waals surface area contributed by atoms with Gasteiger partial charge in [0.1, 0.15) is 5.71 Å². The van der Waals surface area contributed by atoms with Gasteiger partial charge < -0.3 is 10.2 Å². The zero-order valence-electron chi connectivity index (χ0n) is 20.6. The predicted molar refractivity (Wildman–Crippen MR) is 138 cm³/mol. The van der Waals surface area contributed by atoms with Gasteiger partial charge in [-0.05, 0) is 62.4 Å². The zero-order valence-corrected chi connectivity index (χ0v) is 20.6. The van der Waals surface area contributed by atoms with Crippen LogP contribution in [0.2, 0.25) is 0 Å². The van der Waals surface area contributed by atoms with E-state index in [0.717, 1.165) is 41.5 Å². The fourth-order valence-electron chi connectivity index (χ4n) is 3.86. The summed E-state index contributed by atoms with van der Waals surface area (Å²) >= 11 is 0. The van der Waals surface area contributed by atoms with Gasteiger partial charge in [0.15, 0.2) is 5.82 Å². The number of aliphatic imine (C=N–C) groups is 1. The van der Waals surface area contributed by atoms with Crippen LogP contribution in [0.15, 0.2) is 58.6 Å². The van der Waals surface area contributed by atoms with Crippen LogP contribution in [0.4, 0.5) is 17.1 Å². The van der Waals surface area contributed by atoms with Crippen LogP contribution in [-0.4, -0.2) is 45.3 Å². The third-order valence-corrected chi connectivity index (χ3v) is 5.61. The second kappa shape index (κ2) is 9.21. The largest absolute Gasteiger partial charge is 0.372 e. The highest BCUT2D eigenvalue weighted by Gasteiger charge is 2.34. The molecule has 2 heterocycles. The first kappa shape index (κ1) is 23.4. The Bertz CT molecular complexity index is 1240. The summed E-state index contributed by atoms with van der Waals surface area (Å²) in [7, 11) is 0. The number of hydrogen-bond donors (Lipinski definition) is 1. The Kier molecular flexibility index (Phi) is 6.32. The standard InChI is InChI=1S/C26H31N7O/c1-7-32(8-2)21-15-13-20(14-16-21)28-22-23(26(4,5)6)30-33-25(22)29-24(31-33)18-9-11-19(12-10-18)27-17(3)34/h9-16H,7-8H2,1-6H3,(H,27,34). The van der Waals surface area contributed by atoms with Crippen LogP contribution in [-0.2, 0) is 4.79 Å². The minimum atomic E-state index is -0.220. The Morgan fingerprint density at radius 3 is 2.24 bits per heavy atom. The summed E-state index contributed by atoms with van der Waals surface area (Å²) in [5, 5.41) is 12.1. The molecule has 176 valence electrons. The number of aromatic nitrogens is 3. The first-order chi connectivity index (χ1) is 16.2. The minimum absolute atomic E-state index is 0.109. The van der Waals surface area contributed by atoms with E-state index in [-0.39, 0.29) is 11.3 Å². The van der Waals surface area contributed by atoms with Crippen LogP contribution < -0.4 is 10.2 Å². The van der Waals surface area contributed by atoms with Gasteiger partial charge in [-0.25, -0.2) is 9.98 Å². The van der Waals surface area contributed by atoms with Crippen molar-refractivity contribution in [2.45, 2.75) is 41.5 Å². The summed E-state index contributed by atoms with van der Waals surface area (Å²) in [6, 6.07) is 15.7. The molecule has 1 aliphatic rings. The summed E-state index contributed by atoms with van der Waals surface area (Å²) in [5.74, 6) is 1.08. The molecule has 0 radical (unpaired) electrons. The number of carbonyl (C=O) groups is 1. The van der Waals surface area contributed by atoms with Gasteiger partial charge in [-0.1, -0.05) is 20.8 Å². The van der Waals surface area contributed by atoms with E-state index in [0.29, 0.717) is 11.6 Å². The van der Waals surface area contributed by atoms with Crippen molar-refractivity contribution in [2.75, 3.05) is 23.3 Å². The van der Waals surface area contributed by atoms with Crippen LogP contribution in [0.3, 0.4) is 0 Å². The van der Waals surface area contributed by atoms with Gasteiger partial charge in [-0.3, -0.25) is 4.79 Å². The lowest BCUT2D eigenvalue weighted by Crippen LogP contribution is -2.27. The Morgan fingerprint density at radius 1 is 1.03 bits per heavy atom. The molecular formula is C26H31N7O. The summed E-state index contributed by atoms with van der Waals surface area (Å²) in [6.45, 7) is 14.0. The van der Waals surface area contributed by atoms with E-state index in [4.69, 9.17) is 15.1 Å². The van der Waals surface area contributed by atoms with Crippen molar-refractivity contribution < 1.29 is 4.79 Å². The van der Waals surface area contributed by atoms with Gasteiger partial charge in [-0.15, -0.1) is 9.89 Å². The van der Waals surface area contributed by atoms with Crippen molar-refractivity contribution in [1.82, 2.24) is 14.9 Å². The Labute approximate surface area is 200 Å². The molecule has 2 aromatic carbocycles. The molecule has 0 unspecified atom stereocenters. The molecule has 4 rings (SSSR count). The Hall–Kier alpha value is -3.81. The molecule has 8 nitrogen and oxygen atoms in total. The summed E-state index contributed by atoms with van der Waals surface area (Å²) in [4.78, 5) is 24.9. The van der Waals surface area contributed by atoms with Crippen LogP contribution in [0.25, 0.3) is 11.4 Å². The lowest BCUT2D eigenvalue weighted by atomic mass is 9.87. The molecule has 0 saturated carbocycles. The van der Waals surface area contributed by atoms with Crippen molar-refractivity contribution >= 4 is 34.4 Å². The predicted octanol–water partition coefficient (Wildman–Crippen LogP) is 5.13. The first-order valence-corrected chi connectivity index (χ1v) is 11.6. The van der Waals surface area contributed by atoms with E-state index < -0.39 is 0 Å². The van der Waals surface area contributed by atoms with Gasteiger partial charge >= 0.3 is 0 Å². The van der Waals surface area contributed by atoms with Crippen molar-refractivity contribution in [3.63, 3.8) is 0 Å². The molecule has 0 atom stereocenters. The van der Waals surface area contributed by atoms with Gasteiger partial charge in [0.25, 0.3) is 0 Å². The molecule has 0 bridgehead atoms. The van der Waals surface area contributed by atoms with Crippen molar-refractivity contribution in [1.29, 1.82) is 0 Å². The molecule has 1 aliphatic heterocycles. The zero-order chi connectivity index (χ0) is 24.5. The second-order valence-corrected chi connectivity index (χ2v) is 9.25. The average Bonchev–Trinajstić information content (AvgIpc) is 3.35. The van der Waals surface area contributed by atoms with Gasteiger partial charge in [0, 0.05) is 42.4 Å². The number of benzene rings is 2. The normalized spacial score (nSPS) is 14.2. The van der Waals surface area contributed by atoms with E-state index in [9.17, 15) is 4.79 Å². The number of carbonyl (C=O) groups excluding carboxylic acids is 1. The topological polar surface area (TPSA) is 87.8 Å². The molecule has 3 aromatic rings. The summed E-state index contributed by atoms with van der Waals surface area (Å²) in [5.41, 5.74) is 4.96. The number of nitrogens with zero attached hydrogens (tertiary/aromatic N) is 6. The number of amides is 1. The number of rotatable bonds is 6. The maximum absolute atomic E-state index is 11.3. The number of nitrogens with one attached hydrogen (secondary N) is 1. The van der Waals surface area contributed by atoms with Crippen LogP contribution >= 0.6 is 0 Å². The minimum Gasteiger partial charge on any atom is -0.372 e. The number of fused-ring (bicyclic) bond motifs is 1. The highest BCUT2D eigenvalue weighted by Crippen LogP contribution is 2.29. The summed E-state index contributed by atoms with van der Waals surface area (Å²) < 4.78 is 0. The van der Waals surface area contributed by atoms with E-state index in [1.54, 1.807) is 4.79 Å². The molecule has 8 heteroatoms. The molecular weight excluding hydrogens is 426 g/mol. The smallest absolute Gasteiger partial charge is 0.221 e. The molecule has 0 fully saturated rings. The van der Waals surface area contributed by atoms with E-state index in [2.05, 4.69) is 62.1 Å². The molecule has 1 amide bonds. The molecule has 0 spiro atoms. The maximum Gasteiger partial charge on any atom is 0.221 e. The number of anilines is 2. The monoisotopic (exact) mass is 457 g/mol. The van der Waals surface area contributed by atoms with Crippen LogP contribution in [0.5, 0.6) is 0 Å². The van der Waals surface area contributed by atoms with Crippen molar-refractivity contribution in [3.05, 3.63) is 54.4 Å². The third kappa shape index (κ3) is 4.76. The average molecular weight is 458 g/mol. The maximum atomic E-state index is 11.3. The van der Waals surface area contributed by atoms with Crippen molar-refractivity contribution in [2.24, 2.45) is 15.5 Å². The molecule has 1 aromatic heterocycles. The highest BCUT2D eigenvalue weighted by molar-refractivity contribution is 6.50. The first-order valence-electron chi connectivity index (χ1n) is 11.6. The fourth-order valence-corrected chi connectivity index (χ4v) is 3.86. The van der Waals surface area contributed by atoms with Crippen molar-refractivity contribution in [3.8, 4) is 11.4 Å². The Balaban J connectivity index is 1.69. The molecule has 34 heavy (non-hydrogen) atoms. The van der Waals surface area contributed by atoms with Gasteiger partial charge in [0.2, 0.25) is 11.7 Å². The molecule has 0 aliphatic carbocycles. The highest BCUT2D eigenvalue weighted by atomic mass is 16.1. The third-order valence-electron chi connectivity index (χ3n) is 5.61. The van der Waals surface area contributed by atoms with Gasteiger partial charge in [-0.2, -0.15) is 5.10 Å². The lowest BCUT2D eigenvalue weighted by Gasteiger charge is -2.21. The van der Waals surface area contributed by atoms with E-state index >= 15 is 0 Å². The SMILES string of the molecule is CCN(CC)c1ccc(N=C2C(C(C)(C)C)=Nn3nc(-c4ccc(NC(C)=O)cc4)nc32)cc1. The number of hydrogen-bond acceptors (Lipinski definition) is 6. The fraction of sp³-hybridized carbons (Fsp3) is 0.346.